The molecule has 10 aromatic rings. The first-order valence-corrected chi connectivity index (χ1v) is 14.1. The van der Waals surface area contributed by atoms with Crippen LogP contribution in [0.2, 0.25) is 0 Å². The molecule has 0 bridgehead atoms. The average molecular weight is 573 g/mol. The van der Waals surface area contributed by atoms with E-state index in [0.717, 1.165) is 21.5 Å². The molecule has 0 atom stereocenters. The predicted molar refractivity (Wildman–Crippen MR) is 188 cm³/mol. The lowest BCUT2D eigenvalue weighted by Gasteiger charge is -2.12. The summed E-state index contributed by atoms with van der Waals surface area (Å²) in [5.41, 5.74) is 1.82. The fraction of sp³-hybridized carbons (Fsp3) is 0. The molecule has 0 saturated heterocycles. The van der Waals surface area contributed by atoms with Gasteiger partial charge in [0.25, 0.3) is 0 Å². The number of aromatic nitrogens is 2. The van der Waals surface area contributed by atoms with E-state index in [1.54, 1.807) is 27.3 Å². The van der Waals surface area contributed by atoms with Crippen LogP contribution in [-0.4, -0.2) is 9.13 Å². The maximum Gasteiger partial charge on any atom is 0.0652 e. The first-order chi connectivity index (χ1) is 27.7. The molecule has 204 valence electrons. The van der Waals surface area contributed by atoms with Gasteiger partial charge in [-0.25, -0.2) is 0 Å². The van der Waals surface area contributed by atoms with E-state index in [1.807, 2.05) is 54.6 Å². The van der Waals surface area contributed by atoms with Crippen LogP contribution in [0.15, 0.2) is 157 Å². The summed E-state index contributed by atoms with van der Waals surface area (Å²) in [6.07, 6.45) is 0. The highest BCUT2D eigenvalue weighted by molar-refractivity contribution is 6.25. The SMILES string of the molecule is [2H]c1c([2H])c([2H])c(-n2c3ccccc3c3cc4c5c6ccccc6ccc5n(-c5c([2H])c([2H])c6c([2H])c([2H])c7c([2H])c([2H])c([2H])c([2H])c7c6c5[2H])c4cc32)c([2H])c1[2H]. The summed E-state index contributed by atoms with van der Waals surface area (Å²) in [5.74, 6) is 0. The van der Waals surface area contributed by atoms with Gasteiger partial charge in [-0.2, -0.15) is 0 Å². The van der Waals surface area contributed by atoms with Crippen LogP contribution in [0.1, 0.15) is 19.2 Å². The second-order valence-corrected chi connectivity index (χ2v) is 10.7. The molecule has 0 fully saturated rings. The molecule has 44 heavy (non-hydrogen) atoms. The van der Waals surface area contributed by atoms with Gasteiger partial charge in [-0.1, -0.05) is 109 Å². The van der Waals surface area contributed by atoms with Crippen molar-refractivity contribution in [2.45, 2.75) is 0 Å². The molecule has 8 aromatic carbocycles. The first kappa shape index (κ1) is 14.1. The molecule has 2 heteroatoms. The van der Waals surface area contributed by atoms with E-state index in [9.17, 15) is 4.11 Å². The molecule has 2 nitrogen and oxygen atoms in total. The van der Waals surface area contributed by atoms with E-state index in [-0.39, 0.29) is 32.9 Å². The van der Waals surface area contributed by atoms with Gasteiger partial charge in [0.15, 0.2) is 0 Å². The molecule has 2 heterocycles. The van der Waals surface area contributed by atoms with E-state index in [4.69, 9.17) is 15.1 Å². The fourth-order valence-electron chi connectivity index (χ4n) is 6.59. The van der Waals surface area contributed by atoms with E-state index in [1.165, 1.54) is 0 Å². The Morgan fingerprint density at radius 3 is 2.00 bits per heavy atom. The van der Waals surface area contributed by atoms with Gasteiger partial charge in [-0.3, -0.25) is 0 Å². The zero-order valence-corrected chi connectivity index (χ0v) is 22.8. The maximum absolute atomic E-state index is 9.82. The topological polar surface area (TPSA) is 9.86 Å². The normalized spacial score (nSPS) is 16.5. The molecule has 0 N–H and O–H groups in total. The van der Waals surface area contributed by atoms with Gasteiger partial charge in [0, 0.05) is 32.9 Å². The molecule has 0 unspecified atom stereocenters. The Bertz CT molecular complexity index is 3540. The Labute approximate surface area is 273 Å². The molecule has 0 saturated carbocycles. The van der Waals surface area contributed by atoms with Crippen LogP contribution in [-0.2, 0) is 0 Å². The zero-order valence-electron chi connectivity index (χ0n) is 36.8. The highest BCUT2D eigenvalue weighted by atomic mass is 15.0. The molecule has 0 aliphatic rings. The third-order valence-corrected chi connectivity index (χ3v) is 8.43. The Kier molecular flexibility index (Phi) is 2.82. The average Bonchev–Trinajstić information content (AvgIpc) is 3.72. The number of nitrogens with zero attached hydrogens (tertiary/aromatic N) is 2. The number of hydrogen-bond acceptors (Lipinski definition) is 0. The third-order valence-electron chi connectivity index (χ3n) is 8.43. The summed E-state index contributed by atoms with van der Waals surface area (Å²) >= 11 is 0. The lowest BCUT2D eigenvalue weighted by molar-refractivity contribution is 1.17. The largest absolute Gasteiger partial charge is 0.309 e. The van der Waals surface area contributed by atoms with Crippen molar-refractivity contribution in [1.82, 2.24) is 9.13 Å². The van der Waals surface area contributed by atoms with Gasteiger partial charge in [0.1, 0.15) is 0 Å². The molecule has 0 amide bonds. The molecule has 0 aliphatic carbocycles. The number of benzene rings is 8. The standard InChI is InChI=1S/C42H26N2/c1-2-12-30(13-3-1)43-38-17-9-8-16-34(38)36-25-37-41(26-40(36)43)44(39-23-21-28-11-5-7-15-33(28)42(37)39)31-22-20-29-19-18-27-10-4-6-14-32(27)35(29)24-31/h1-26H/i1D,2D,3D,4D,6D,10D,12D,13D,14D,18D,19D,20D,22D,24D. The second kappa shape index (κ2) is 8.82. The molecule has 0 radical (unpaired) electrons. The van der Waals surface area contributed by atoms with Crippen LogP contribution in [0.25, 0.3) is 87.3 Å². The lowest BCUT2D eigenvalue weighted by Crippen LogP contribution is -1.96. The van der Waals surface area contributed by atoms with Crippen LogP contribution < -0.4 is 0 Å². The summed E-state index contributed by atoms with van der Waals surface area (Å²) in [4.78, 5) is 0. The van der Waals surface area contributed by atoms with Crippen molar-refractivity contribution in [3.63, 3.8) is 0 Å². The summed E-state index contributed by atoms with van der Waals surface area (Å²) in [6.45, 7) is 0. The van der Waals surface area contributed by atoms with Crippen molar-refractivity contribution in [3.8, 4) is 11.4 Å². The van der Waals surface area contributed by atoms with E-state index in [0.29, 0.717) is 32.8 Å². The van der Waals surface area contributed by atoms with Gasteiger partial charge in [-0.05, 0) is 80.8 Å². The highest BCUT2D eigenvalue weighted by Crippen LogP contribution is 2.42. The number of hydrogen-bond donors (Lipinski definition) is 0. The zero-order chi connectivity index (χ0) is 41.0. The lowest BCUT2D eigenvalue weighted by atomic mass is 10.0. The molecular weight excluding hydrogens is 532 g/mol. The third kappa shape index (κ3) is 3.20. The molecule has 0 aliphatic heterocycles. The van der Waals surface area contributed by atoms with Crippen molar-refractivity contribution in [2.24, 2.45) is 0 Å². The van der Waals surface area contributed by atoms with Crippen molar-refractivity contribution >= 4 is 75.9 Å². The van der Waals surface area contributed by atoms with Crippen molar-refractivity contribution in [2.75, 3.05) is 0 Å². The smallest absolute Gasteiger partial charge is 0.0652 e. The van der Waals surface area contributed by atoms with Gasteiger partial charge in [-0.15, -0.1) is 0 Å². The Morgan fingerprint density at radius 2 is 1.09 bits per heavy atom. The summed E-state index contributed by atoms with van der Waals surface area (Å²) < 4.78 is 127. The van der Waals surface area contributed by atoms with Gasteiger partial charge in [0.05, 0.1) is 41.3 Å². The maximum atomic E-state index is 9.82. The van der Waals surface area contributed by atoms with Crippen molar-refractivity contribution in [1.29, 1.82) is 0 Å². The van der Waals surface area contributed by atoms with Gasteiger partial charge in [0.2, 0.25) is 0 Å². The number of para-hydroxylation sites is 2. The van der Waals surface area contributed by atoms with Crippen LogP contribution in [0.5, 0.6) is 0 Å². The molecule has 10 rings (SSSR count). The predicted octanol–water partition coefficient (Wildman–Crippen LogP) is 11.3. The van der Waals surface area contributed by atoms with E-state index >= 15 is 0 Å². The molecule has 0 spiro atoms. The van der Waals surface area contributed by atoms with Crippen LogP contribution >= 0.6 is 0 Å². The Balaban J connectivity index is 1.47. The number of fused-ring (bicyclic) bond motifs is 11. The summed E-state index contributed by atoms with van der Waals surface area (Å²) in [6, 6.07) is 15.4. The van der Waals surface area contributed by atoms with E-state index in [2.05, 4.69) is 0 Å². The van der Waals surface area contributed by atoms with Crippen LogP contribution in [0.3, 0.4) is 0 Å². The fourth-order valence-corrected chi connectivity index (χ4v) is 6.59. The minimum absolute atomic E-state index is 0.0686. The van der Waals surface area contributed by atoms with Gasteiger partial charge >= 0.3 is 0 Å². The summed E-state index contributed by atoms with van der Waals surface area (Å²) in [5, 5.41) is 3.73. The molecule has 2 aromatic heterocycles. The van der Waals surface area contributed by atoms with E-state index < -0.39 is 84.6 Å². The monoisotopic (exact) mass is 572 g/mol. The van der Waals surface area contributed by atoms with Gasteiger partial charge < -0.3 is 9.13 Å². The van der Waals surface area contributed by atoms with Crippen molar-refractivity contribution < 1.29 is 19.2 Å². The van der Waals surface area contributed by atoms with Crippen molar-refractivity contribution in [3.05, 3.63) is 157 Å². The highest BCUT2D eigenvalue weighted by Gasteiger charge is 2.20. The second-order valence-electron chi connectivity index (χ2n) is 10.7. The summed E-state index contributed by atoms with van der Waals surface area (Å²) in [7, 11) is 0. The quantitative estimate of drug-likeness (QED) is 0.182. The Hall–Kier alpha value is -5.86. The minimum atomic E-state index is -0.607. The van der Waals surface area contributed by atoms with Crippen LogP contribution in [0.4, 0.5) is 0 Å². The first-order valence-electron chi connectivity index (χ1n) is 21.1. The minimum Gasteiger partial charge on any atom is -0.309 e. The number of rotatable bonds is 2. The van der Waals surface area contributed by atoms with Crippen LogP contribution in [0, 0.1) is 0 Å². The molecular formula is C42H26N2. The Morgan fingerprint density at radius 1 is 0.386 bits per heavy atom.